The molecule has 0 unspecified atom stereocenters. The molecule has 0 aromatic carbocycles. The summed E-state index contributed by atoms with van der Waals surface area (Å²) < 4.78 is 28.8. The lowest BCUT2D eigenvalue weighted by atomic mass is 9.95. The predicted molar refractivity (Wildman–Crippen MR) is 480 cm³/mol. The van der Waals surface area contributed by atoms with Crippen LogP contribution in [-0.4, -0.2) is 191 Å². The summed E-state index contributed by atoms with van der Waals surface area (Å²) in [5.74, 6) is 5.21. The number of hydrogen-bond acceptors (Lipinski definition) is 23. The zero-order valence-electron chi connectivity index (χ0n) is 70.8. The Hall–Kier alpha value is -12.1. The van der Waals surface area contributed by atoms with Crippen molar-refractivity contribution in [3.05, 3.63) is 147 Å². The first-order chi connectivity index (χ1) is 60.8. The van der Waals surface area contributed by atoms with Crippen LogP contribution in [0.3, 0.4) is 0 Å². The minimum Gasteiger partial charge on any atom is -0.474 e. The number of ether oxygens (including phenoxy) is 3. The minimum atomic E-state index is 0.268. The quantitative estimate of drug-likeness (QED) is 0.0331. The third-order valence-corrected chi connectivity index (χ3v) is 25.0. The molecule has 31 heteroatoms. The molecule has 2 saturated heterocycles. The van der Waals surface area contributed by atoms with Crippen LogP contribution in [0.1, 0.15) is 199 Å². The van der Waals surface area contributed by atoms with Crippen LogP contribution in [0, 0.1) is 0 Å². The van der Waals surface area contributed by atoms with E-state index >= 15 is 0 Å². The maximum atomic E-state index is 6.23. The van der Waals surface area contributed by atoms with E-state index in [-0.39, 0.29) is 6.10 Å². The molecule has 22 rings (SSSR count). The Bertz CT molecular complexity index is 5800. The van der Waals surface area contributed by atoms with Gasteiger partial charge in [-0.3, -0.25) is 49.4 Å². The van der Waals surface area contributed by atoms with Gasteiger partial charge in [0.1, 0.15) is 57.8 Å². The van der Waals surface area contributed by atoms with E-state index < -0.39 is 0 Å². The van der Waals surface area contributed by atoms with Crippen LogP contribution < -0.4 is 30.3 Å². The van der Waals surface area contributed by atoms with Gasteiger partial charge in [0.05, 0.1) is 112 Å². The topological polar surface area (TPSA) is 358 Å². The number of rotatable bonds is 21. The van der Waals surface area contributed by atoms with Gasteiger partial charge in [0, 0.05) is 135 Å². The van der Waals surface area contributed by atoms with Gasteiger partial charge in [-0.1, -0.05) is 76.7 Å². The number of hydrogen-bond donors (Lipinski definition) is 8. The first-order valence-electron chi connectivity index (χ1n) is 45.1. The maximum absolute atomic E-state index is 6.23. The van der Waals surface area contributed by atoms with Gasteiger partial charge in [-0.25, -0.2) is 24.9 Å². The van der Waals surface area contributed by atoms with E-state index in [0.717, 1.165) is 213 Å². The molecular weight excluding hydrogens is 1550 g/mol. The normalized spacial score (nSPS) is 17.3. The van der Waals surface area contributed by atoms with Gasteiger partial charge >= 0.3 is 0 Å². The molecule has 0 amide bonds. The monoisotopic (exact) mass is 1660 g/mol. The van der Waals surface area contributed by atoms with Gasteiger partial charge < -0.3 is 39.5 Å². The molecule has 0 atom stereocenters. The predicted octanol–water partition coefficient (Wildman–Crippen LogP) is 18.3. The summed E-state index contributed by atoms with van der Waals surface area (Å²) in [6.45, 7) is 12.6. The largest absolute Gasteiger partial charge is 0.474 e. The molecule has 0 spiro atoms. The van der Waals surface area contributed by atoms with E-state index in [4.69, 9.17) is 18.6 Å². The second kappa shape index (κ2) is 39.8. The fraction of sp³-hybridized carbons (Fsp3) is 0.478. The van der Waals surface area contributed by atoms with Gasteiger partial charge in [-0.05, 0) is 165 Å². The second-order valence-electron chi connectivity index (χ2n) is 34.1. The number of anilines is 4. The molecule has 7 fully saturated rings. The molecule has 15 aromatic rings. The van der Waals surface area contributed by atoms with Crippen molar-refractivity contribution in [3.63, 3.8) is 0 Å². The molecule has 8 N–H and O–H groups in total. The Morgan fingerprint density at radius 2 is 0.846 bits per heavy atom. The third kappa shape index (κ3) is 20.0. The van der Waals surface area contributed by atoms with Gasteiger partial charge in [0.2, 0.25) is 11.8 Å². The second-order valence-corrected chi connectivity index (χ2v) is 34.1. The van der Waals surface area contributed by atoms with E-state index in [1.807, 2.05) is 118 Å². The van der Waals surface area contributed by atoms with E-state index in [2.05, 4.69) is 148 Å². The molecule has 17 heterocycles. The fourth-order valence-electron chi connectivity index (χ4n) is 18.3. The standard InChI is InChI=1S/C21H29N7O.C21H23N7.C18H24N6.C16H22N4O.C16H17N3O2/c1-2-4-17(5-3-1)24-21-19-18(6-7-22-21)25-26-20(19)16-14-23-28(15-16)9-8-27-10-12-29-13-11-27;1-2-6-16(7-3-1)25-21-19-18(9-11-23-21)26-27-20(19)15-12-24-28(13-15)14-17-8-4-5-10-22-17;1-12(2)24-11-13(10-20-24)17-16-15(22-23-17)8-9-19-18(16)21-14-6-4-3-5-7-14;1-2-6-12(7-3-1)21-16-14-13(8-9-17-16)18-19-15(14)20-10-4-5-11-20;1-2-4-12(5-3-1)21-16-14-13(6-8-17-16)18-19-15(14)11-7-9-20-10-11/h6-7,14-15,17H,1-5,8-13H2,(H,22,24)(H,25,26);4-5,8-13,16H,1-3,6-7,14H2,(H,23,25)(H,26,27);8-12,14H,3-7H2,1-2H3,(H,19,21)(H,22,23);8-9,12H,1-7,10-11H2,(H,18,19);6-10,12H,1-5H2,(H,18,19). The lowest BCUT2D eigenvalue weighted by Gasteiger charge is -2.26. The number of aromatic nitrogens is 22. The van der Waals surface area contributed by atoms with Crippen molar-refractivity contribution < 1.29 is 18.6 Å². The van der Waals surface area contributed by atoms with Gasteiger partial charge in [0.25, 0.3) is 0 Å². The molecule has 123 heavy (non-hydrogen) atoms. The fourth-order valence-corrected chi connectivity index (χ4v) is 18.3. The molecule has 31 nitrogen and oxygen atoms in total. The van der Waals surface area contributed by atoms with E-state index in [1.165, 1.54) is 148 Å². The lowest BCUT2D eigenvalue weighted by Crippen LogP contribution is -2.38. The number of furan rings is 1. The summed E-state index contributed by atoms with van der Waals surface area (Å²) in [6.07, 6.45) is 60.3. The van der Waals surface area contributed by atoms with Crippen LogP contribution in [0.2, 0.25) is 0 Å². The van der Waals surface area contributed by atoms with Crippen molar-refractivity contribution in [2.75, 3.05) is 66.8 Å². The molecule has 0 radical (unpaired) electrons. The molecular formula is C92H115N27O4. The lowest BCUT2D eigenvalue weighted by molar-refractivity contribution is 0.0360. The van der Waals surface area contributed by atoms with E-state index in [9.17, 15) is 0 Å². The smallest absolute Gasteiger partial charge is 0.227 e. The SMILES string of the molecule is CC(C)n1cc(-c2n[nH]c3ccnc(NC4CCCCC4)c23)cn1.c1cc2[nH]nc(-c3ccoc3)c2c(OC2CCCCC2)n1.c1cc2[nH]nc(-c3cnn(CCN4CCOCC4)c3)c2c(NC2CCCCC2)n1.c1cc2[nH]nc(N3CCCC3)c2c(OC2CCCCC2)n1.c1ccc(Cn2cc(-c3n[nH]c4ccnc(NC5CCCCC5)c34)cn2)nc1. The van der Waals surface area contributed by atoms with E-state index in [1.54, 1.807) is 24.9 Å². The highest BCUT2D eigenvalue weighted by Gasteiger charge is 2.28. The number of fused-ring (bicyclic) bond motifs is 5. The van der Waals surface area contributed by atoms with Gasteiger partial charge in [0.15, 0.2) is 5.82 Å². The van der Waals surface area contributed by atoms with Gasteiger partial charge in [-0.15, -0.1) is 0 Å². The molecule has 5 aliphatic carbocycles. The Morgan fingerprint density at radius 1 is 0.407 bits per heavy atom. The summed E-state index contributed by atoms with van der Waals surface area (Å²) in [5, 5.41) is 67.9. The molecule has 7 aliphatic rings. The first kappa shape index (κ1) is 81.9. The average molecular weight is 1660 g/mol. The number of nitrogens with zero attached hydrogens (tertiary/aromatic N) is 19. The molecule has 0 bridgehead atoms. The summed E-state index contributed by atoms with van der Waals surface area (Å²) in [4.78, 5) is 31.9. The number of H-pyrrole nitrogens is 5. The number of pyridine rings is 6. The number of aromatic amines is 5. The Morgan fingerprint density at radius 3 is 1.33 bits per heavy atom. The third-order valence-electron chi connectivity index (χ3n) is 25.0. The van der Waals surface area contributed by atoms with Crippen molar-refractivity contribution in [1.82, 2.24) is 115 Å². The highest BCUT2D eigenvalue weighted by atomic mass is 16.5. The highest BCUT2D eigenvalue weighted by molar-refractivity contribution is 6.03. The van der Waals surface area contributed by atoms with Crippen molar-refractivity contribution in [2.45, 2.75) is 237 Å². The average Bonchev–Trinajstić information content (AvgIpc) is 1.64. The number of nitrogens with one attached hydrogen (secondary N) is 8. The Kier molecular flexibility index (Phi) is 26.5. The summed E-state index contributed by atoms with van der Waals surface area (Å²) in [5.41, 5.74) is 13.5. The van der Waals surface area contributed by atoms with E-state index in [0.29, 0.717) is 42.7 Å². The minimum absolute atomic E-state index is 0.268. The van der Waals surface area contributed by atoms with Crippen molar-refractivity contribution in [3.8, 4) is 56.8 Å². The molecule has 15 aromatic heterocycles. The zero-order chi connectivity index (χ0) is 82.9. The summed E-state index contributed by atoms with van der Waals surface area (Å²) in [6, 6.07) is 19.5. The summed E-state index contributed by atoms with van der Waals surface area (Å²) in [7, 11) is 0. The van der Waals surface area contributed by atoms with Gasteiger partial charge in [-0.2, -0.15) is 40.8 Å². The van der Waals surface area contributed by atoms with Crippen LogP contribution in [0.4, 0.5) is 23.3 Å². The first-order valence-corrected chi connectivity index (χ1v) is 45.1. The van der Waals surface area contributed by atoms with Crippen molar-refractivity contribution in [2.24, 2.45) is 0 Å². The highest BCUT2D eigenvalue weighted by Crippen LogP contribution is 2.40. The van der Waals surface area contributed by atoms with Crippen LogP contribution in [-0.2, 0) is 17.8 Å². The molecule has 2 aliphatic heterocycles. The van der Waals surface area contributed by atoms with Crippen molar-refractivity contribution >= 4 is 77.8 Å². The van der Waals surface area contributed by atoms with Crippen LogP contribution in [0.5, 0.6) is 11.8 Å². The Balaban J connectivity index is 0.000000105. The van der Waals surface area contributed by atoms with Crippen molar-refractivity contribution in [1.29, 1.82) is 0 Å². The van der Waals surface area contributed by atoms with Crippen LogP contribution in [0.15, 0.2) is 146 Å². The van der Waals surface area contributed by atoms with Crippen LogP contribution >= 0.6 is 0 Å². The molecule has 642 valence electrons. The van der Waals surface area contributed by atoms with Crippen LogP contribution in [0.25, 0.3) is 99.5 Å². The molecule has 5 saturated carbocycles. The summed E-state index contributed by atoms with van der Waals surface area (Å²) >= 11 is 0. The zero-order valence-corrected chi connectivity index (χ0v) is 70.8. The number of morpholine rings is 1. The maximum Gasteiger partial charge on any atom is 0.227 e. The Labute approximate surface area is 715 Å².